The number of nitrogens with two attached hydrogens (primary N) is 1. The van der Waals surface area contributed by atoms with Gasteiger partial charge in [-0.3, -0.25) is 4.79 Å². The summed E-state index contributed by atoms with van der Waals surface area (Å²) in [7, 11) is 0. The average Bonchev–Trinajstić information content (AvgIpc) is 2.92. The molecule has 20 heavy (non-hydrogen) atoms. The van der Waals surface area contributed by atoms with Gasteiger partial charge in [0.25, 0.3) is 0 Å². The minimum atomic E-state index is 0. The lowest BCUT2D eigenvalue weighted by Gasteiger charge is -2.22. The van der Waals surface area contributed by atoms with E-state index in [1.807, 2.05) is 52.7 Å². The van der Waals surface area contributed by atoms with Crippen LogP contribution in [0.5, 0.6) is 0 Å². The molecule has 3 nitrogen and oxygen atoms in total. The zero-order valence-electron chi connectivity index (χ0n) is 11.2. The van der Waals surface area contributed by atoms with Gasteiger partial charge in [0.15, 0.2) is 0 Å². The number of nitrogens with zero attached hydrogens (tertiary/aromatic N) is 1. The number of hydrogen-bond acceptors (Lipinski definition) is 3. The fourth-order valence-corrected chi connectivity index (χ4v) is 2.62. The molecule has 1 aromatic heterocycles. The predicted molar refractivity (Wildman–Crippen MR) is 86.2 cm³/mol. The van der Waals surface area contributed by atoms with Crippen LogP contribution in [0.3, 0.4) is 0 Å². The maximum atomic E-state index is 12.3. The molecule has 0 radical (unpaired) electrons. The molecule has 0 unspecified atom stereocenters. The molecule has 5 heteroatoms. The third-order valence-electron chi connectivity index (χ3n) is 2.87. The predicted octanol–water partition coefficient (Wildman–Crippen LogP) is 2.70. The highest BCUT2D eigenvalue weighted by Gasteiger charge is 2.14. The van der Waals surface area contributed by atoms with E-state index in [1.54, 1.807) is 11.3 Å². The van der Waals surface area contributed by atoms with E-state index in [1.165, 1.54) is 0 Å². The van der Waals surface area contributed by atoms with Crippen LogP contribution in [0.2, 0.25) is 0 Å². The van der Waals surface area contributed by atoms with Crippen molar-refractivity contribution < 1.29 is 4.79 Å². The first-order valence-corrected chi connectivity index (χ1v) is 7.21. The lowest BCUT2D eigenvalue weighted by atomic mass is 10.2. The first-order chi connectivity index (χ1) is 9.29. The maximum absolute atomic E-state index is 12.3. The number of rotatable bonds is 6. The fourth-order valence-electron chi connectivity index (χ4n) is 1.93. The molecule has 2 aromatic rings. The molecular formula is C15H19ClN2OS. The zero-order valence-corrected chi connectivity index (χ0v) is 12.8. The Morgan fingerprint density at radius 2 is 1.90 bits per heavy atom. The minimum absolute atomic E-state index is 0. The van der Waals surface area contributed by atoms with Crippen molar-refractivity contribution in [2.75, 3.05) is 13.1 Å². The standard InChI is InChI=1S/C15H18N2OS.ClH/c16-8-9-17(12-13-5-2-1-3-6-13)15(18)11-14-7-4-10-19-14;/h1-7,10H,8-9,11-12,16H2;1H. The highest BCUT2D eigenvalue weighted by Crippen LogP contribution is 2.12. The molecule has 0 aliphatic carbocycles. The molecule has 0 spiro atoms. The smallest absolute Gasteiger partial charge is 0.228 e. The third kappa shape index (κ3) is 4.96. The molecule has 1 aromatic carbocycles. The van der Waals surface area contributed by atoms with E-state index in [-0.39, 0.29) is 18.3 Å². The quantitative estimate of drug-likeness (QED) is 0.891. The van der Waals surface area contributed by atoms with E-state index < -0.39 is 0 Å². The summed E-state index contributed by atoms with van der Waals surface area (Å²) in [5.74, 6) is 0.136. The molecule has 0 saturated carbocycles. The Balaban J connectivity index is 0.00000200. The Kier molecular flexibility index (Phi) is 7.30. The largest absolute Gasteiger partial charge is 0.337 e. The molecule has 0 saturated heterocycles. The fraction of sp³-hybridized carbons (Fsp3) is 0.267. The highest BCUT2D eigenvalue weighted by atomic mass is 35.5. The number of carbonyl (C=O) groups excluding carboxylic acids is 1. The molecule has 0 aliphatic heterocycles. The zero-order chi connectivity index (χ0) is 13.5. The SMILES string of the molecule is Cl.NCCN(Cc1ccccc1)C(=O)Cc1cccs1. The maximum Gasteiger partial charge on any atom is 0.228 e. The minimum Gasteiger partial charge on any atom is -0.337 e. The molecule has 2 N–H and O–H groups in total. The van der Waals surface area contributed by atoms with Crippen molar-refractivity contribution in [2.45, 2.75) is 13.0 Å². The van der Waals surface area contributed by atoms with E-state index in [2.05, 4.69) is 0 Å². The Bertz CT molecular complexity index is 502. The van der Waals surface area contributed by atoms with Gasteiger partial charge in [-0.15, -0.1) is 23.7 Å². The van der Waals surface area contributed by atoms with Crippen molar-refractivity contribution in [1.82, 2.24) is 4.90 Å². The number of amides is 1. The molecule has 108 valence electrons. The number of benzene rings is 1. The average molecular weight is 311 g/mol. The molecular weight excluding hydrogens is 292 g/mol. The van der Waals surface area contributed by atoms with Crippen molar-refractivity contribution in [3.63, 3.8) is 0 Å². The Hall–Kier alpha value is -1.36. The summed E-state index contributed by atoms with van der Waals surface area (Å²) in [6.45, 7) is 1.71. The first kappa shape index (κ1) is 16.7. The Morgan fingerprint density at radius 3 is 2.50 bits per heavy atom. The van der Waals surface area contributed by atoms with Gasteiger partial charge < -0.3 is 10.6 Å². The molecule has 0 atom stereocenters. The second-order valence-corrected chi connectivity index (χ2v) is 5.38. The van der Waals surface area contributed by atoms with E-state index in [9.17, 15) is 4.79 Å². The Labute approximate surface area is 129 Å². The lowest BCUT2D eigenvalue weighted by molar-refractivity contribution is -0.130. The van der Waals surface area contributed by atoms with Crippen molar-refractivity contribution >= 4 is 29.7 Å². The molecule has 1 amide bonds. The Morgan fingerprint density at radius 1 is 1.15 bits per heavy atom. The number of halogens is 1. The highest BCUT2D eigenvalue weighted by molar-refractivity contribution is 7.10. The van der Waals surface area contributed by atoms with Crippen LogP contribution in [0.15, 0.2) is 47.8 Å². The van der Waals surface area contributed by atoms with Crippen LogP contribution >= 0.6 is 23.7 Å². The van der Waals surface area contributed by atoms with Crippen LogP contribution in [0.1, 0.15) is 10.4 Å². The van der Waals surface area contributed by atoms with Crippen LogP contribution in [0, 0.1) is 0 Å². The van der Waals surface area contributed by atoms with Gasteiger partial charge in [-0.05, 0) is 17.0 Å². The molecule has 0 bridgehead atoms. The number of thiophene rings is 1. The van der Waals surface area contributed by atoms with Crippen LogP contribution in [-0.2, 0) is 17.8 Å². The van der Waals surface area contributed by atoms with Crippen LogP contribution in [0.25, 0.3) is 0 Å². The summed E-state index contributed by atoms with van der Waals surface area (Å²) in [4.78, 5) is 15.2. The van der Waals surface area contributed by atoms with Gasteiger partial charge in [0, 0.05) is 24.5 Å². The second kappa shape index (κ2) is 8.74. The van der Waals surface area contributed by atoms with E-state index in [4.69, 9.17) is 5.73 Å². The van der Waals surface area contributed by atoms with Gasteiger partial charge in [-0.25, -0.2) is 0 Å². The van der Waals surface area contributed by atoms with Crippen molar-refractivity contribution in [2.24, 2.45) is 5.73 Å². The van der Waals surface area contributed by atoms with Crippen LogP contribution in [0.4, 0.5) is 0 Å². The second-order valence-electron chi connectivity index (χ2n) is 4.35. The normalized spacial score (nSPS) is 9.85. The topological polar surface area (TPSA) is 46.3 Å². The van der Waals surface area contributed by atoms with Gasteiger partial charge in [0.2, 0.25) is 5.91 Å². The van der Waals surface area contributed by atoms with Crippen LogP contribution < -0.4 is 5.73 Å². The summed E-state index contributed by atoms with van der Waals surface area (Å²) >= 11 is 1.61. The number of carbonyl (C=O) groups is 1. The molecule has 1 heterocycles. The van der Waals surface area contributed by atoms with Gasteiger partial charge in [-0.1, -0.05) is 36.4 Å². The van der Waals surface area contributed by atoms with Crippen molar-refractivity contribution in [3.8, 4) is 0 Å². The monoisotopic (exact) mass is 310 g/mol. The first-order valence-electron chi connectivity index (χ1n) is 6.33. The van der Waals surface area contributed by atoms with E-state index >= 15 is 0 Å². The van der Waals surface area contributed by atoms with E-state index in [0.717, 1.165) is 10.4 Å². The molecule has 2 rings (SSSR count). The van der Waals surface area contributed by atoms with Crippen molar-refractivity contribution in [1.29, 1.82) is 0 Å². The molecule has 0 aliphatic rings. The summed E-state index contributed by atoms with van der Waals surface area (Å²) in [6.07, 6.45) is 0.463. The molecule has 0 fully saturated rings. The van der Waals surface area contributed by atoms with Gasteiger partial charge in [0.1, 0.15) is 0 Å². The van der Waals surface area contributed by atoms with Gasteiger partial charge in [0.05, 0.1) is 6.42 Å². The summed E-state index contributed by atoms with van der Waals surface area (Å²) in [5.41, 5.74) is 6.74. The van der Waals surface area contributed by atoms with Gasteiger partial charge in [-0.2, -0.15) is 0 Å². The van der Waals surface area contributed by atoms with Crippen molar-refractivity contribution in [3.05, 3.63) is 58.3 Å². The lowest BCUT2D eigenvalue weighted by Crippen LogP contribution is -2.35. The third-order valence-corrected chi connectivity index (χ3v) is 3.75. The van der Waals surface area contributed by atoms with Gasteiger partial charge >= 0.3 is 0 Å². The van der Waals surface area contributed by atoms with E-state index in [0.29, 0.717) is 26.1 Å². The summed E-state index contributed by atoms with van der Waals surface area (Å²) < 4.78 is 0. The summed E-state index contributed by atoms with van der Waals surface area (Å²) in [6, 6.07) is 14.0. The number of hydrogen-bond donors (Lipinski definition) is 1. The summed E-state index contributed by atoms with van der Waals surface area (Å²) in [5, 5.41) is 1.99. The van der Waals surface area contributed by atoms with Crippen LogP contribution in [-0.4, -0.2) is 23.9 Å².